The summed E-state index contributed by atoms with van der Waals surface area (Å²) in [5, 5.41) is 0.0438. The number of aryl methyl sites for hydroxylation is 1. The van der Waals surface area contributed by atoms with Gasteiger partial charge in [0.2, 0.25) is 5.91 Å². The lowest BCUT2D eigenvalue weighted by molar-refractivity contribution is -0.117. The van der Waals surface area contributed by atoms with Gasteiger partial charge in [0.05, 0.1) is 5.25 Å². The van der Waals surface area contributed by atoms with Gasteiger partial charge in [-0.05, 0) is 13.3 Å². The molecular formula is C10H15N3O2S. The molecule has 0 radical (unpaired) electrons. The number of primary amides is 1. The van der Waals surface area contributed by atoms with Crippen molar-refractivity contribution in [2.24, 2.45) is 5.73 Å². The molecule has 0 aliphatic heterocycles. The van der Waals surface area contributed by atoms with Gasteiger partial charge in [-0.15, -0.1) is 0 Å². The molecule has 16 heavy (non-hydrogen) atoms. The number of rotatable bonds is 5. The van der Waals surface area contributed by atoms with E-state index in [2.05, 4.69) is 9.97 Å². The Morgan fingerprint density at radius 1 is 1.69 bits per heavy atom. The first kappa shape index (κ1) is 12.8. The number of thioether (sulfide) groups is 1. The summed E-state index contributed by atoms with van der Waals surface area (Å²) in [4.78, 5) is 29.0. The number of nitrogens with one attached hydrogen (secondary N) is 1. The summed E-state index contributed by atoms with van der Waals surface area (Å²) in [7, 11) is 0. The van der Waals surface area contributed by atoms with Crippen LogP contribution in [0.2, 0.25) is 0 Å². The second-order valence-electron chi connectivity index (χ2n) is 3.45. The average Bonchev–Trinajstić information content (AvgIpc) is 2.16. The highest BCUT2D eigenvalue weighted by Gasteiger charge is 2.12. The Labute approximate surface area is 97.8 Å². The van der Waals surface area contributed by atoms with Gasteiger partial charge < -0.3 is 10.7 Å². The van der Waals surface area contributed by atoms with Crippen molar-refractivity contribution >= 4 is 17.7 Å². The maximum atomic E-state index is 11.3. The molecule has 5 nitrogen and oxygen atoms in total. The summed E-state index contributed by atoms with van der Waals surface area (Å²) in [6, 6.07) is 1.47. The van der Waals surface area contributed by atoms with Gasteiger partial charge in [0.15, 0.2) is 5.16 Å². The first-order valence-electron chi connectivity index (χ1n) is 5.09. The monoisotopic (exact) mass is 241 g/mol. The van der Waals surface area contributed by atoms with Crippen molar-refractivity contribution in [2.45, 2.75) is 37.1 Å². The predicted molar refractivity (Wildman–Crippen MR) is 63.4 cm³/mol. The van der Waals surface area contributed by atoms with Gasteiger partial charge in [-0.2, -0.15) is 0 Å². The molecule has 0 saturated carbocycles. The summed E-state index contributed by atoms with van der Waals surface area (Å²) in [5.74, 6) is -0.423. The van der Waals surface area contributed by atoms with Crippen molar-refractivity contribution in [3.63, 3.8) is 0 Å². The van der Waals surface area contributed by atoms with Crippen molar-refractivity contribution in [3.8, 4) is 0 Å². The average molecular weight is 241 g/mol. The Balaban J connectivity index is 2.88. The zero-order valence-electron chi connectivity index (χ0n) is 9.32. The molecule has 88 valence electrons. The van der Waals surface area contributed by atoms with Gasteiger partial charge in [0, 0.05) is 11.8 Å². The summed E-state index contributed by atoms with van der Waals surface area (Å²) in [5.41, 5.74) is 5.68. The number of hydrogen-bond donors (Lipinski definition) is 2. The van der Waals surface area contributed by atoms with Crippen LogP contribution in [0.4, 0.5) is 0 Å². The fourth-order valence-corrected chi connectivity index (χ4v) is 1.93. The number of aromatic nitrogens is 2. The molecule has 0 spiro atoms. The SMILES string of the molecule is CCCc1cc(=O)[nH]c(S[C@@H](C)C(N)=O)n1. The van der Waals surface area contributed by atoms with Gasteiger partial charge in [0.25, 0.3) is 5.56 Å². The van der Waals surface area contributed by atoms with E-state index in [1.165, 1.54) is 6.07 Å². The highest BCUT2D eigenvalue weighted by atomic mass is 32.2. The Hall–Kier alpha value is -1.30. The normalized spacial score (nSPS) is 12.4. The van der Waals surface area contributed by atoms with Crippen LogP contribution in [0.1, 0.15) is 26.0 Å². The minimum absolute atomic E-state index is 0.197. The van der Waals surface area contributed by atoms with Crippen molar-refractivity contribution in [3.05, 3.63) is 22.1 Å². The quantitative estimate of drug-likeness (QED) is 0.586. The van der Waals surface area contributed by atoms with Crippen molar-refractivity contribution in [2.75, 3.05) is 0 Å². The number of hydrogen-bond acceptors (Lipinski definition) is 4. The van der Waals surface area contributed by atoms with Crippen LogP contribution in [0.15, 0.2) is 16.0 Å². The van der Waals surface area contributed by atoms with Crippen molar-refractivity contribution in [1.29, 1.82) is 0 Å². The molecule has 0 saturated heterocycles. The van der Waals surface area contributed by atoms with Gasteiger partial charge in [-0.3, -0.25) is 9.59 Å². The molecule has 1 amide bonds. The van der Waals surface area contributed by atoms with Crippen molar-refractivity contribution in [1.82, 2.24) is 9.97 Å². The van der Waals surface area contributed by atoms with Crippen LogP contribution in [0.25, 0.3) is 0 Å². The van der Waals surface area contributed by atoms with Crippen LogP contribution in [0.3, 0.4) is 0 Å². The Morgan fingerprint density at radius 3 is 2.94 bits per heavy atom. The van der Waals surface area contributed by atoms with E-state index < -0.39 is 11.2 Å². The van der Waals surface area contributed by atoms with Gasteiger partial charge in [0.1, 0.15) is 0 Å². The zero-order valence-corrected chi connectivity index (χ0v) is 10.1. The van der Waals surface area contributed by atoms with E-state index in [1.54, 1.807) is 6.92 Å². The molecule has 0 fully saturated rings. The van der Waals surface area contributed by atoms with E-state index in [1.807, 2.05) is 6.92 Å². The molecule has 1 atom stereocenters. The first-order valence-corrected chi connectivity index (χ1v) is 5.97. The van der Waals surface area contributed by atoms with E-state index in [0.717, 1.165) is 30.3 Å². The molecule has 3 N–H and O–H groups in total. The molecule has 1 rings (SSSR count). The third kappa shape index (κ3) is 3.69. The summed E-state index contributed by atoms with van der Waals surface area (Å²) in [6.45, 7) is 3.70. The maximum absolute atomic E-state index is 11.3. The Bertz CT molecular complexity index is 430. The number of carbonyl (C=O) groups is 1. The summed E-state index contributed by atoms with van der Waals surface area (Å²) >= 11 is 1.16. The summed E-state index contributed by atoms with van der Waals surface area (Å²) in [6.07, 6.45) is 1.67. The number of amides is 1. The van der Waals surface area contributed by atoms with E-state index in [9.17, 15) is 9.59 Å². The molecule has 0 bridgehead atoms. The molecular weight excluding hydrogens is 226 g/mol. The van der Waals surface area contributed by atoms with Crippen LogP contribution < -0.4 is 11.3 Å². The van der Waals surface area contributed by atoms with Gasteiger partial charge in [-0.1, -0.05) is 25.1 Å². The fourth-order valence-electron chi connectivity index (χ4n) is 1.15. The van der Waals surface area contributed by atoms with Crippen LogP contribution in [-0.2, 0) is 11.2 Å². The smallest absolute Gasteiger partial charge is 0.251 e. The first-order chi connectivity index (χ1) is 7.52. The molecule has 1 heterocycles. The number of aromatic amines is 1. The molecule has 0 aliphatic carbocycles. The van der Waals surface area contributed by atoms with Crippen LogP contribution >= 0.6 is 11.8 Å². The molecule has 6 heteroatoms. The van der Waals surface area contributed by atoms with E-state index in [0.29, 0.717) is 5.16 Å². The fraction of sp³-hybridized carbons (Fsp3) is 0.500. The molecule has 0 aliphatic rings. The second-order valence-corrected chi connectivity index (χ2v) is 4.78. The van der Waals surface area contributed by atoms with E-state index in [4.69, 9.17) is 5.73 Å². The molecule has 1 aromatic heterocycles. The highest BCUT2D eigenvalue weighted by Crippen LogP contribution is 2.17. The highest BCUT2D eigenvalue weighted by molar-refractivity contribution is 8.00. The molecule has 1 aromatic rings. The topological polar surface area (TPSA) is 88.8 Å². The number of nitrogens with zero attached hydrogens (tertiary/aromatic N) is 1. The Kier molecular flexibility index (Phi) is 4.54. The molecule has 0 aromatic carbocycles. The maximum Gasteiger partial charge on any atom is 0.251 e. The van der Waals surface area contributed by atoms with Crippen LogP contribution in [0.5, 0.6) is 0 Å². The lowest BCUT2D eigenvalue weighted by Crippen LogP contribution is -2.23. The number of carbonyl (C=O) groups excluding carboxylic acids is 1. The van der Waals surface area contributed by atoms with E-state index in [-0.39, 0.29) is 5.56 Å². The third-order valence-electron chi connectivity index (χ3n) is 1.97. The minimum Gasteiger partial charge on any atom is -0.369 e. The van der Waals surface area contributed by atoms with E-state index >= 15 is 0 Å². The minimum atomic E-state index is -0.423. The van der Waals surface area contributed by atoms with Gasteiger partial charge >= 0.3 is 0 Å². The summed E-state index contributed by atoms with van der Waals surface area (Å²) < 4.78 is 0. The zero-order chi connectivity index (χ0) is 12.1. The largest absolute Gasteiger partial charge is 0.369 e. The lowest BCUT2D eigenvalue weighted by Gasteiger charge is -2.06. The van der Waals surface area contributed by atoms with Gasteiger partial charge in [-0.25, -0.2) is 4.98 Å². The second kappa shape index (κ2) is 5.69. The predicted octanol–water partition coefficient (Wildman–Crippen LogP) is 0.688. The van der Waals surface area contributed by atoms with Crippen LogP contribution in [-0.4, -0.2) is 21.1 Å². The number of H-pyrrole nitrogens is 1. The van der Waals surface area contributed by atoms with Crippen molar-refractivity contribution < 1.29 is 4.79 Å². The lowest BCUT2D eigenvalue weighted by atomic mass is 10.2. The van der Waals surface area contributed by atoms with Crippen LogP contribution in [0, 0.1) is 0 Å². The number of nitrogens with two attached hydrogens (primary N) is 1. The Morgan fingerprint density at radius 2 is 2.38 bits per heavy atom. The standard InChI is InChI=1S/C10H15N3O2S/c1-3-4-7-5-8(14)13-10(12-7)16-6(2)9(11)15/h5-6H,3-4H2,1-2H3,(H2,11,15)(H,12,13,14)/t6-/m0/s1. The third-order valence-corrected chi connectivity index (χ3v) is 2.97. The molecule has 0 unspecified atom stereocenters.